The highest BCUT2D eigenvalue weighted by Gasteiger charge is 2.43. The van der Waals surface area contributed by atoms with Gasteiger partial charge in [-0.2, -0.15) is 39.5 Å². The molecular formula is C77H71Cl6F9N10O3. The van der Waals surface area contributed by atoms with Crippen molar-refractivity contribution in [1.82, 2.24) is 30.1 Å². The summed E-state index contributed by atoms with van der Waals surface area (Å²) in [4.78, 5) is 61.3. The van der Waals surface area contributed by atoms with E-state index in [0.29, 0.717) is 71.6 Å². The van der Waals surface area contributed by atoms with E-state index in [0.717, 1.165) is 84.8 Å². The lowest BCUT2D eigenvalue weighted by Crippen LogP contribution is -2.32. The number of pyridine rings is 3. The summed E-state index contributed by atoms with van der Waals surface area (Å²) in [5, 5.41) is 5.03. The first-order chi connectivity index (χ1) is 50.2. The van der Waals surface area contributed by atoms with E-state index in [2.05, 4.69) is 25.2 Å². The van der Waals surface area contributed by atoms with Crippen LogP contribution in [0.15, 0.2) is 201 Å². The number of rotatable bonds is 12. The van der Waals surface area contributed by atoms with Crippen LogP contribution < -0.4 is 24.9 Å². The first-order valence-corrected chi connectivity index (χ1v) is 36.1. The molecule has 5 aliphatic rings. The number of urea groups is 3. The normalized spacial score (nSPS) is 17.6. The molecule has 0 bridgehead atoms. The zero-order chi connectivity index (χ0) is 75.0. The van der Waals surface area contributed by atoms with E-state index < -0.39 is 53.3 Å². The molecule has 9 aromatic rings. The second-order valence-electron chi connectivity index (χ2n) is 25.3. The lowest BCUT2D eigenvalue weighted by Gasteiger charge is -2.27. The van der Waals surface area contributed by atoms with Crippen molar-refractivity contribution in [3.05, 3.63) is 276 Å². The molecular weight excluding hydrogens is 1500 g/mol. The van der Waals surface area contributed by atoms with Crippen LogP contribution in [0, 0.1) is 0 Å². The fourth-order valence-electron chi connectivity index (χ4n) is 12.6. The van der Waals surface area contributed by atoms with E-state index in [1.165, 1.54) is 72.9 Å². The Morgan fingerprint density at radius 1 is 0.400 bits per heavy atom. The Hall–Kier alpha value is -8.51. The highest BCUT2D eigenvalue weighted by atomic mass is 35.5. The van der Waals surface area contributed by atoms with Crippen LogP contribution in [0.4, 0.5) is 76.8 Å². The molecule has 14 rings (SSSR count). The molecule has 4 aliphatic heterocycles. The topological polar surface area (TPSA) is 121 Å². The Bertz CT molecular complexity index is 4320. The van der Waals surface area contributed by atoms with Crippen molar-refractivity contribution in [2.75, 3.05) is 52.3 Å². The van der Waals surface area contributed by atoms with Crippen molar-refractivity contribution < 1.29 is 53.9 Å². The van der Waals surface area contributed by atoms with Crippen LogP contribution in [0.3, 0.4) is 0 Å². The number of carbonyl (C=O) groups excluding carboxylic acids is 3. The lowest BCUT2D eigenvalue weighted by molar-refractivity contribution is -0.138. The number of nitrogens with one attached hydrogen (secondary N) is 1. The molecule has 6 aromatic carbocycles. The number of halogens is 15. The molecule has 1 N–H and O–H groups in total. The van der Waals surface area contributed by atoms with Gasteiger partial charge in [0.05, 0.1) is 34.8 Å². The van der Waals surface area contributed by atoms with Gasteiger partial charge in [0.25, 0.3) is 0 Å². The fourth-order valence-corrected chi connectivity index (χ4v) is 13.4. The number of carbonyl (C=O) groups is 3. The zero-order valence-electron chi connectivity index (χ0n) is 56.2. The molecule has 4 saturated heterocycles. The predicted molar refractivity (Wildman–Crippen MR) is 395 cm³/mol. The van der Waals surface area contributed by atoms with Crippen LogP contribution in [0.5, 0.6) is 0 Å². The minimum Gasteiger partial charge on any atom is -0.357 e. The molecule has 0 unspecified atom stereocenters. The van der Waals surface area contributed by atoms with Crippen LogP contribution >= 0.6 is 69.6 Å². The Morgan fingerprint density at radius 3 is 1.10 bits per heavy atom. The van der Waals surface area contributed by atoms with Gasteiger partial charge in [0.2, 0.25) is 0 Å². The summed E-state index contributed by atoms with van der Waals surface area (Å²) >= 11 is 34.7. The molecule has 1 saturated carbocycles. The van der Waals surface area contributed by atoms with Gasteiger partial charge in [-0.1, -0.05) is 151 Å². The first-order valence-electron chi connectivity index (χ1n) is 33.7. The number of hydrogen-bond donors (Lipinski definition) is 1. The second-order valence-corrected chi connectivity index (χ2v) is 27.6. The van der Waals surface area contributed by atoms with E-state index >= 15 is 0 Å². The van der Waals surface area contributed by atoms with E-state index in [1.807, 2.05) is 18.2 Å². The average molecular weight is 1570 g/mol. The van der Waals surface area contributed by atoms with Gasteiger partial charge in [-0.15, -0.1) is 11.6 Å². The standard InChI is InChI=1S/C27H26ClF3N4O.C22H16Cl2F3N3O.C16H12ClF3N2O.C6H5Cl2N.C6H12/c28-22-8-10-23(11-9-22)35-24(20-5-4-6-21(15-20)27(29,30)31)18-34(26(35)36)17-19-7-12-25(32-16-19)33-13-2-1-3-14-33;23-17-5-7-18(8-6-17)30-19(15-2-1-3-16(10-15)22(25,26)27)13-29(21(30)31)12-14-4-9-20(24)28-11-14;17-12-4-6-13(7-5-12)22-14(9-21-15(22)23)10-2-1-3-11(8-10)16(18,19)20;7-3-5-1-2-6(8)9-4-5;1-2-4-6-5-3-1/h4-12,15-16,24H,1-3,13-14,17-18H2;1-11,19H,12-13H2;1-8,14H,9H2,(H,21,23);1-2,4H,3H2;1-6H2/t24-;19-;14-;;/m111../s1. The van der Waals surface area contributed by atoms with Gasteiger partial charge < -0.3 is 20.0 Å². The van der Waals surface area contributed by atoms with Crippen molar-refractivity contribution in [3.8, 4) is 0 Å². The monoisotopic (exact) mass is 1560 g/mol. The molecule has 13 nitrogen and oxygen atoms in total. The minimum absolute atomic E-state index is 0.214. The predicted octanol–water partition coefficient (Wildman–Crippen LogP) is 23.0. The first kappa shape index (κ1) is 79.1. The zero-order valence-corrected chi connectivity index (χ0v) is 60.8. The Kier molecular flexibility index (Phi) is 27.2. The highest BCUT2D eigenvalue weighted by Crippen LogP contribution is 2.42. The van der Waals surface area contributed by atoms with Crippen molar-refractivity contribution in [3.63, 3.8) is 0 Å². The summed E-state index contributed by atoms with van der Waals surface area (Å²) in [5.74, 6) is 1.42. The van der Waals surface area contributed by atoms with Crippen LogP contribution in [0.1, 0.15) is 126 Å². The summed E-state index contributed by atoms with van der Waals surface area (Å²) in [6.45, 7) is 3.25. The molecule has 3 atom stereocenters. The van der Waals surface area contributed by atoms with Crippen molar-refractivity contribution >= 4 is 111 Å². The molecule has 28 heteroatoms. The number of aromatic nitrogens is 3. The number of alkyl halides is 10. The van der Waals surface area contributed by atoms with Gasteiger partial charge >= 0.3 is 36.6 Å². The number of amides is 6. The smallest absolute Gasteiger partial charge is 0.357 e. The summed E-state index contributed by atoms with van der Waals surface area (Å²) < 4.78 is 119. The number of benzene rings is 6. The van der Waals surface area contributed by atoms with Gasteiger partial charge in [0.15, 0.2) is 0 Å². The van der Waals surface area contributed by atoms with Crippen LogP contribution in [0.2, 0.25) is 25.4 Å². The number of anilines is 4. The van der Waals surface area contributed by atoms with Crippen LogP contribution in [0.25, 0.3) is 0 Å². The third-order valence-electron chi connectivity index (χ3n) is 17.9. The molecule has 0 radical (unpaired) electrons. The van der Waals surface area contributed by atoms with Crippen LogP contribution in [-0.2, 0) is 37.5 Å². The lowest BCUT2D eigenvalue weighted by atomic mass is 10.0. The fraction of sp³-hybridized carbons (Fsp3) is 0.299. The SMILES string of the molecule is C1CCCCC1.ClCc1ccc(Cl)nc1.O=C1N(Cc2ccc(Cl)nc2)C[C@H](c2cccc(C(F)(F)F)c2)N1c1ccc(Cl)cc1.O=C1N(Cc2ccc(N3CCCCC3)nc2)C[C@H](c2cccc(C(F)(F)F)c2)N1c1ccc(Cl)cc1.O=C1NC[C@H](c2cccc(C(F)(F)F)c2)N1c1ccc(Cl)cc1. The number of piperidine rings is 1. The average Bonchev–Trinajstić information content (AvgIpc) is 1.64. The third-order valence-corrected chi connectivity index (χ3v) is 19.4. The Morgan fingerprint density at radius 2 is 0.752 bits per heavy atom. The largest absolute Gasteiger partial charge is 0.416 e. The van der Waals surface area contributed by atoms with Gasteiger partial charge in [-0.3, -0.25) is 14.7 Å². The third kappa shape index (κ3) is 21.6. The number of hydrogen-bond acceptors (Lipinski definition) is 7. The second kappa shape index (κ2) is 36.2. The summed E-state index contributed by atoms with van der Waals surface area (Å²) in [6.07, 6.45) is 4.20. The van der Waals surface area contributed by atoms with Crippen LogP contribution in [-0.4, -0.2) is 75.6 Å². The molecule has 0 spiro atoms. The van der Waals surface area contributed by atoms with E-state index in [9.17, 15) is 53.9 Å². The summed E-state index contributed by atoms with van der Waals surface area (Å²) in [7, 11) is 0. The van der Waals surface area contributed by atoms with E-state index in [1.54, 1.807) is 142 Å². The molecule has 1 aliphatic carbocycles. The maximum absolute atomic E-state index is 13.5. The number of nitrogens with zero attached hydrogens (tertiary/aromatic N) is 9. The summed E-state index contributed by atoms with van der Waals surface area (Å²) in [6, 6.07) is 43.5. The minimum atomic E-state index is -4.47. The van der Waals surface area contributed by atoms with Crippen molar-refractivity contribution in [2.24, 2.45) is 0 Å². The quantitative estimate of drug-likeness (QED) is 0.0734. The van der Waals surface area contributed by atoms with Gasteiger partial charge in [0.1, 0.15) is 16.1 Å². The molecule has 6 amide bonds. The Balaban J connectivity index is 0.000000155. The Labute approximate surface area is 632 Å². The van der Waals surface area contributed by atoms with Crippen molar-refractivity contribution in [1.29, 1.82) is 0 Å². The molecule has 552 valence electrons. The summed E-state index contributed by atoms with van der Waals surface area (Å²) in [5.41, 5.74) is 3.34. The molecule has 5 fully saturated rings. The van der Waals surface area contributed by atoms with Crippen molar-refractivity contribution in [2.45, 2.75) is 113 Å². The maximum atomic E-state index is 13.5. The molecule has 105 heavy (non-hydrogen) atoms. The van der Waals surface area contributed by atoms with E-state index in [4.69, 9.17) is 69.6 Å². The van der Waals surface area contributed by atoms with Gasteiger partial charge in [-0.25, -0.2) is 29.3 Å². The van der Waals surface area contributed by atoms with Gasteiger partial charge in [0, 0.05) is 102 Å². The van der Waals surface area contributed by atoms with Gasteiger partial charge in [-0.05, 0) is 180 Å². The maximum Gasteiger partial charge on any atom is 0.416 e. The van der Waals surface area contributed by atoms with E-state index in [-0.39, 0.29) is 44.3 Å². The highest BCUT2D eigenvalue weighted by molar-refractivity contribution is 6.31. The molecule has 7 heterocycles. The molecule has 3 aromatic heterocycles.